The highest BCUT2D eigenvalue weighted by atomic mass is 16.2. The number of nitrogens with two attached hydrogens (primary N) is 1. The number of aryl methyl sites for hydroxylation is 1. The molecule has 2 rings (SSSR count). The molecule has 3 N–H and O–H groups in total. The zero-order valence-corrected chi connectivity index (χ0v) is 10.1. The van der Waals surface area contributed by atoms with E-state index >= 15 is 0 Å². The number of carbonyl (C=O) groups excluding carboxylic acids is 1. The summed E-state index contributed by atoms with van der Waals surface area (Å²) in [6.07, 6.45) is 6.69. The zero-order chi connectivity index (χ0) is 13.0. The Balaban J connectivity index is 1.92. The predicted molar refractivity (Wildman–Crippen MR) is 66.2 cm³/mol. The van der Waals surface area contributed by atoms with Crippen molar-refractivity contribution in [3.63, 3.8) is 0 Å². The summed E-state index contributed by atoms with van der Waals surface area (Å²) >= 11 is 0. The van der Waals surface area contributed by atoms with E-state index < -0.39 is 6.04 Å². The predicted octanol–water partition coefficient (Wildman–Crippen LogP) is 0.131. The van der Waals surface area contributed by atoms with Crippen molar-refractivity contribution in [3.05, 3.63) is 48.0 Å². The van der Waals surface area contributed by atoms with Crippen molar-refractivity contribution in [2.75, 3.05) is 0 Å². The van der Waals surface area contributed by atoms with Gasteiger partial charge in [0, 0.05) is 37.7 Å². The monoisotopic (exact) mass is 245 g/mol. The SMILES string of the molecule is Cn1cc(C(N)C(=O)NCc2ccncc2)cn1. The Morgan fingerprint density at radius 1 is 1.50 bits per heavy atom. The van der Waals surface area contributed by atoms with E-state index in [1.54, 1.807) is 36.5 Å². The number of nitrogens with one attached hydrogen (secondary N) is 1. The Bertz CT molecular complexity index is 522. The Morgan fingerprint density at radius 3 is 2.83 bits per heavy atom. The van der Waals surface area contributed by atoms with E-state index in [1.807, 2.05) is 12.1 Å². The molecule has 0 saturated heterocycles. The molecule has 0 bridgehead atoms. The molecule has 18 heavy (non-hydrogen) atoms. The molecule has 0 radical (unpaired) electrons. The first-order valence-electron chi connectivity index (χ1n) is 5.57. The van der Waals surface area contributed by atoms with Gasteiger partial charge in [0.05, 0.1) is 6.20 Å². The third kappa shape index (κ3) is 2.92. The van der Waals surface area contributed by atoms with Gasteiger partial charge in [0.1, 0.15) is 6.04 Å². The summed E-state index contributed by atoms with van der Waals surface area (Å²) in [6, 6.07) is 2.99. The number of hydrogen-bond donors (Lipinski definition) is 2. The van der Waals surface area contributed by atoms with Crippen LogP contribution in [-0.2, 0) is 18.4 Å². The number of pyridine rings is 1. The minimum absolute atomic E-state index is 0.222. The number of hydrogen-bond acceptors (Lipinski definition) is 4. The molecule has 1 atom stereocenters. The van der Waals surface area contributed by atoms with Crippen molar-refractivity contribution in [1.82, 2.24) is 20.1 Å². The lowest BCUT2D eigenvalue weighted by atomic mass is 10.1. The summed E-state index contributed by atoms with van der Waals surface area (Å²) in [5, 5.41) is 6.76. The molecule has 0 aromatic carbocycles. The van der Waals surface area contributed by atoms with Crippen LogP contribution in [0, 0.1) is 0 Å². The lowest BCUT2D eigenvalue weighted by Gasteiger charge is -2.10. The zero-order valence-electron chi connectivity index (χ0n) is 10.1. The van der Waals surface area contributed by atoms with Crippen LogP contribution in [0.2, 0.25) is 0 Å². The Kier molecular flexibility index (Phi) is 3.69. The average Bonchev–Trinajstić information content (AvgIpc) is 2.83. The smallest absolute Gasteiger partial charge is 0.241 e. The summed E-state index contributed by atoms with van der Waals surface area (Å²) in [4.78, 5) is 15.7. The molecule has 1 amide bonds. The van der Waals surface area contributed by atoms with Gasteiger partial charge in [-0.25, -0.2) is 0 Å². The van der Waals surface area contributed by atoms with E-state index in [0.29, 0.717) is 12.1 Å². The highest BCUT2D eigenvalue weighted by molar-refractivity contribution is 5.82. The fraction of sp³-hybridized carbons (Fsp3) is 0.250. The molecule has 0 fully saturated rings. The maximum Gasteiger partial charge on any atom is 0.241 e. The highest BCUT2D eigenvalue weighted by Crippen LogP contribution is 2.08. The molecule has 2 aromatic heterocycles. The van der Waals surface area contributed by atoms with Crippen LogP contribution < -0.4 is 11.1 Å². The van der Waals surface area contributed by atoms with Gasteiger partial charge in [0.2, 0.25) is 5.91 Å². The van der Waals surface area contributed by atoms with E-state index in [-0.39, 0.29) is 5.91 Å². The quantitative estimate of drug-likeness (QED) is 0.801. The van der Waals surface area contributed by atoms with Crippen LogP contribution in [0.25, 0.3) is 0 Å². The third-order valence-corrected chi connectivity index (χ3v) is 2.58. The van der Waals surface area contributed by atoms with Crippen molar-refractivity contribution >= 4 is 5.91 Å². The van der Waals surface area contributed by atoms with Crippen LogP contribution >= 0.6 is 0 Å². The van der Waals surface area contributed by atoms with Crippen molar-refractivity contribution in [2.24, 2.45) is 12.8 Å². The van der Waals surface area contributed by atoms with Gasteiger partial charge < -0.3 is 11.1 Å². The summed E-state index contributed by atoms with van der Waals surface area (Å²) < 4.78 is 1.62. The molecule has 0 spiro atoms. The number of carbonyl (C=O) groups is 1. The fourth-order valence-electron chi connectivity index (χ4n) is 1.55. The van der Waals surface area contributed by atoms with E-state index in [2.05, 4.69) is 15.4 Å². The molecule has 2 aromatic rings. The van der Waals surface area contributed by atoms with Gasteiger partial charge in [-0.3, -0.25) is 14.5 Å². The standard InChI is InChI=1S/C12H15N5O/c1-17-8-10(7-16-17)11(13)12(18)15-6-9-2-4-14-5-3-9/h2-5,7-8,11H,6,13H2,1H3,(H,15,18). The summed E-state index contributed by atoms with van der Waals surface area (Å²) in [7, 11) is 1.78. The Morgan fingerprint density at radius 2 is 2.22 bits per heavy atom. The number of aromatic nitrogens is 3. The first kappa shape index (κ1) is 12.3. The largest absolute Gasteiger partial charge is 0.350 e. The van der Waals surface area contributed by atoms with E-state index in [9.17, 15) is 4.79 Å². The molecule has 94 valence electrons. The molecule has 2 heterocycles. The summed E-state index contributed by atoms with van der Waals surface area (Å²) in [5.41, 5.74) is 7.52. The molecule has 0 aliphatic carbocycles. The fourth-order valence-corrected chi connectivity index (χ4v) is 1.55. The number of nitrogens with zero attached hydrogens (tertiary/aromatic N) is 3. The second kappa shape index (κ2) is 5.42. The maximum atomic E-state index is 11.8. The van der Waals surface area contributed by atoms with E-state index in [0.717, 1.165) is 5.56 Å². The first-order valence-corrected chi connectivity index (χ1v) is 5.57. The van der Waals surface area contributed by atoms with Crippen LogP contribution in [0.5, 0.6) is 0 Å². The summed E-state index contributed by atoms with van der Waals surface area (Å²) in [5.74, 6) is -0.222. The lowest BCUT2D eigenvalue weighted by Crippen LogP contribution is -2.33. The van der Waals surface area contributed by atoms with Gasteiger partial charge in [0.15, 0.2) is 0 Å². The second-order valence-corrected chi connectivity index (χ2v) is 4.00. The first-order chi connectivity index (χ1) is 8.66. The molecule has 0 aliphatic rings. The minimum Gasteiger partial charge on any atom is -0.350 e. The van der Waals surface area contributed by atoms with Gasteiger partial charge in [0.25, 0.3) is 0 Å². The van der Waals surface area contributed by atoms with Crippen molar-refractivity contribution in [2.45, 2.75) is 12.6 Å². The lowest BCUT2D eigenvalue weighted by molar-refractivity contribution is -0.122. The maximum absolute atomic E-state index is 11.8. The molecular weight excluding hydrogens is 230 g/mol. The third-order valence-electron chi connectivity index (χ3n) is 2.58. The van der Waals surface area contributed by atoms with Gasteiger partial charge in [-0.05, 0) is 17.7 Å². The van der Waals surface area contributed by atoms with Gasteiger partial charge >= 0.3 is 0 Å². The van der Waals surface area contributed by atoms with Crippen LogP contribution in [-0.4, -0.2) is 20.7 Å². The van der Waals surface area contributed by atoms with E-state index in [1.165, 1.54) is 0 Å². The number of amides is 1. The Labute approximate surface area is 105 Å². The van der Waals surface area contributed by atoms with Gasteiger partial charge in [-0.2, -0.15) is 5.10 Å². The van der Waals surface area contributed by atoms with Crippen LogP contribution in [0.15, 0.2) is 36.9 Å². The van der Waals surface area contributed by atoms with E-state index in [4.69, 9.17) is 5.73 Å². The molecule has 6 nitrogen and oxygen atoms in total. The van der Waals surface area contributed by atoms with Crippen LogP contribution in [0.3, 0.4) is 0 Å². The Hall–Kier alpha value is -2.21. The van der Waals surface area contributed by atoms with Crippen molar-refractivity contribution < 1.29 is 4.79 Å². The second-order valence-electron chi connectivity index (χ2n) is 4.00. The molecule has 0 aliphatic heterocycles. The minimum atomic E-state index is -0.694. The topological polar surface area (TPSA) is 85.8 Å². The molecule has 6 heteroatoms. The molecule has 1 unspecified atom stereocenters. The number of rotatable bonds is 4. The average molecular weight is 245 g/mol. The molecule has 0 saturated carbocycles. The van der Waals surface area contributed by atoms with Crippen molar-refractivity contribution in [1.29, 1.82) is 0 Å². The summed E-state index contributed by atoms with van der Waals surface area (Å²) in [6.45, 7) is 0.440. The van der Waals surface area contributed by atoms with Gasteiger partial charge in [-0.15, -0.1) is 0 Å². The van der Waals surface area contributed by atoms with Crippen LogP contribution in [0.4, 0.5) is 0 Å². The van der Waals surface area contributed by atoms with Crippen LogP contribution in [0.1, 0.15) is 17.2 Å². The van der Waals surface area contributed by atoms with Gasteiger partial charge in [-0.1, -0.05) is 0 Å². The molecular formula is C12H15N5O. The normalized spacial score (nSPS) is 12.1. The van der Waals surface area contributed by atoms with Crippen molar-refractivity contribution in [3.8, 4) is 0 Å². The highest BCUT2D eigenvalue weighted by Gasteiger charge is 2.16.